The number of nitrogens with one attached hydrogen (secondary N) is 1. The summed E-state index contributed by atoms with van der Waals surface area (Å²) in [4.78, 5) is 3.73. The molecule has 0 saturated heterocycles. The van der Waals surface area contributed by atoms with Gasteiger partial charge in [0.2, 0.25) is 0 Å². The van der Waals surface area contributed by atoms with Crippen molar-refractivity contribution >= 4 is 11.8 Å². The fourth-order valence-electron chi connectivity index (χ4n) is 1.61. The van der Waals surface area contributed by atoms with Gasteiger partial charge in [0.25, 0.3) is 0 Å². The van der Waals surface area contributed by atoms with Crippen LogP contribution in [0.4, 0.5) is 8.78 Å². The van der Waals surface area contributed by atoms with Crippen molar-refractivity contribution in [3.8, 4) is 0 Å². The van der Waals surface area contributed by atoms with Gasteiger partial charge in [0, 0.05) is 6.04 Å². The van der Waals surface area contributed by atoms with Gasteiger partial charge < -0.3 is 5.73 Å². The standard InChI is InChI=1S/C12H14F2N4S/c1-2-8(15)3-7-4-9(13)11(10(14)5-7)19-12-16-6-17-18-12/h4-6,8H,2-3,15H2,1H3,(H,16,17,18). The minimum atomic E-state index is -0.611. The summed E-state index contributed by atoms with van der Waals surface area (Å²) in [6.07, 6.45) is 2.50. The van der Waals surface area contributed by atoms with Crippen LogP contribution in [0.2, 0.25) is 0 Å². The third-order valence-electron chi connectivity index (χ3n) is 2.67. The summed E-state index contributed by atoms with van der Waals surface area (Å²) in [5, 5.41) is 6.52. The van der Waals surface area contributed by atoms with E-state index in [0.717, 1.165) is 18.2 Å². The van der Waals surface area contributed by atoms with Crippen LogP contribution in [0.5, 0.6) is 0 Å². The van der Waals surface area contributed by atoms with Crippen LogP contribution in [-0.2, 0) is 6.42 Å². The first-order valence-corrected chi connectivity index (χ1v) is 6.68. The lowest BCUT2D eigenvalue weighted by atomic mass is 10.0. The number of benzene rings is 1. The molecule has 0 bridgehead atoms. The first-order chi connectivity index (χ1) is 9.10. The Morgan fingerprint density at radius 3 is 2.58 bits per heavy atom. The molecule has 1 atom stereocenters. The van der Waals surface area contributed by atoms with Gasteiger partial charge in [0.15, 0.2) is 5.16 Å². The van der Waals surface area contributed by atoms with Crippen LogP contribution in [0.1, 0.15) is 18.9 Å². The molecule has 0 aliphatic heterocycles. The van der Waals surface area contributed by atoms with E-state index >= 15 is 0 Å². The van der Waals surface area contributed by atoms with Gasteiger partial charge in [-0.25, -0.2) is 13.8 Å². The Balaban J connectivity index is 2.22. The van der Waals surface area contributed by atoms with E-state index in [9.17, 15) is 8.78 Å². The van der Waals surface area contributed by atoms with Gasteiger partial charge in [-0.15, -0.1) is 0 Å². The van der Waals surface area contributed by atoms with Crippen molar-refractivity contribution in [3.63, 3.8) is 0 Å². The summed E-state index contributed by atoms with van der Waals surface area (Å²) in [7, 11) is 0. The molecule has 1 heterocycles. The number of rotatable bonds is 5. The molecule has 0 aliphatic rings. The molecule has 1 aromatic carbocycles. The second kappa shape index (κ2) is 6.12. The summed E-state index contributed by atoms with van der Waals surface area (Å²) in [6.45, 7) is 1.94. The number of hydrogen-bond donors (Lipinski definition) is 2. The van der Waals surface area contributed by atoms with Crippen LogP contribution in [0, 0.1) is 11.6 Å². The predicted octanol–water partition coefficient (Wildman–Crippen LogP) is 2.51. The maximum absolute atomic E-state index is 13.9. The van der Waals surface area contributed by atoms with E-state index in [-0.39, 0.29) is 10.9 Å². The third-order valence-corrected chi connectivity index (χ3v) is 3.66. The molecule has 0 radical (unpaired) electrons. The van der Waals surface area contributed by atoms with Gasteiger partial charge in [-0.1, -0.05) is 6.92 Å². The Hall–Kier alpha value is -1.47. The minimum absolute atomic E-state index is 0.0911. The lowest BCUT2D eigenvalue weighted by Gasteiger charge is -2.10. The molecule has 0 fully saturated rings. The van der Waals surface area contributed by atoms with E-state index < -0.39 is 11.6 Å². The lowest BCUT2D eigenvalue weighted by molar-refractivity contribution is 0.533. The molecule has 3 N–H and O–H groups in total. The zero-order valence-electron chi connectivity index (χ0n) is 10.4. The highest BCUT2D eigenvalue weighted by Gasteiger charge is 2.15. The number of aromatic amines is 1. The number of nitrogens with zero attached hydrogens (tertiary/aromatic N) is 2. The van der Waals surface area contributed by atoms with Gasteiger partial charge in [-0.05, 0) is 42.3 Å². The molecule has 0 aliphatic carbocycles. The molecule has 0 spiro atoms. The lowest BCUT2D eigenvalue weighted by Crippen LogP contribution is -2.21. The average Bonchev–Trinajstić information content (AvgIpc) is 2.86. The Kier molecular flexibility index (Phi) is 4.49. The van der Waals surface area contributed by atoms with Crippen LogP contribution < -0.4 is 5.73 Å². The molecular formula is C12H14F2N4S. The van der Waals surface area contributed by atoms with Crippen molar-refractivity contribution in [3.05, 3.63) is 35.7 Å². The Morgan fingerprint density at radius 2 is 2.05 bits per heavy atom. The molecule has 19 heavy (non-hydrogen) atoms. The molecule has 2 rings (SSSR count). The van der Waals surface area contributed by atoms with Crippen molar-refractivity contribution in [2.45, 2.75) is 35.9 Å². The number of hydrogen-bond acceptors (Lipinski definition) is 4. The van der Waals surface area contributed by atoms with Crippen LogP contribution in [-0.4, -0.2) is 21.2 Å². The molecule has 0 amide bonds. The Labute approximate surface area is 113 Å². The Bertz CT molecular complexity index is 522. The van der Waals surface area contributed by atoms with E-state index in [0.29, 0.717) is 17.1 Å². The van der Waals surface area contributed by atoms with Gasteiger partial charge in [-0.2, -0.15) is 5.10 Å². The molecule has 102 valence electrons. The van der Waals surface area contributed by atoms with E-state index in [1.54, 1.807) is 0 Å². The molecule has 4 nitrogen and oxygen atoms in total. The summed E-state index contributed by atoms with van der Waals surface area (Å²) in [5.74, 6) is -1.22. The van der Waals surface area contributed by atoms with Crippen molar-refractivity contribution in [1.29, 1.82) is 0 Å². The quantitative estimate of drug-likeness (QED) is 0.885. The SMILES string of the molecule is CCC(N)Cc1cc(F)c(Sc2ncn[nH]2)c(F)c1. The molecule has 2 aromatic rings. The fraction of sp³-hybridized carbons (Fsp3) is 0.333. The maximum atomic E-state index is 13.9. The van der Waals surface area contributed by atoms with E-state index in [2.05, 4.69) is 15.2 Å². The normalized spacial score (nSPS) is 12.6. The highest BCUT2D eigenvalue weighted by atomic mass is 32.2. The van der Waals surface area contributed by atoms with Crippen molar-refractivity contribution in [1.82, 2.24) is 15.2 Å². The largest absolute Gasteiger partial charge is 0.327 e. The second-order valence-electron chi connectivity index (χ2n) is 4.15. The monoisotopic (exact) mass is 284 g/mol. The van der Waals surface area contributed by atoms with Crippen LogP contribution in [0.15, 0.2) is 28.5 Å². The van der Waals surface area contributed by atoms with Crippen LogP contribution >= 0.6 is 11.8 Å². The van der Waals surface area contributed by atoms with Gasteiger partial charge in [-0.3, -0.25) is 5.10 Å². The second-order valence-corrected chi connectivity index (χ2v) is 5.15. The molecule has 1 unspecified atom stereocenters. The minimum Gasteiger partial charge on any atom is -0.327 e. The van der Waals surface area contributed by atoms with Crippen molar-refractivity contribution in [2.75, 3.05) is 0 Å². The van der Waals surface area contributed by atoms with Crippen molar-refractivity contribution < 1.29 is 8.78 Å². The maximum Gasteiger partial charge on any atom is 0.188 e. The summed E-state index contributed by atoms with van der Waals surface area (Å²) < 4.78 is 27.8. The van der Waals surface area contributed by atoms with Crippen molar-refractivity contribution in [2.24, 2.45) is 5.73 Å². The smallest absolute Gasteiger partial charge is 0.188 e. The van der Waals surface area contributed by atoms with Gasteiger partial charge in [0.05, 0.1) is 4.90 Å². The summed E-state index contributed by atoms with van der Waals surface area (Å²) >= 11 is 0.870. The fourth-order valence-corrected chi connectivity index (χ4v) is 2.32. The number of halogens is 2. The zero-order valence-corrected chi connectivity index (χ0v) is 11.2. The van der Waals surface area contributed by atoms with E-state index in [4.69, 9.17) is 5.73 Å². The first-order valence-electron chi connectivity index (χ1n) is 5.87. The molecular weight excluding hydrogens is 270 g/mol. The highest BCUT2D eigenvalue weighted by Crippen LogP contribution is 2.30. The van der Waals surface area contributed by atoms with Gasteiger partial charge in [0.1, 0.15) is 18.0 Å². The number of nitrogens with two attached hydrogens (primary N) is 1. The average molecular weight is 284 g/mol. The van der Waals surface area contributed by atoms with E-state index in [1.165, 1.54) is 18.5 Å². The van der Waals surface area contributed by atoms with Crippen LogP contribution in [0.3, 0.4) is 0 Å². The Morgan fingerprint density at radius 1 is 1.37 bits per heavy atom. The summed E-state index contributed by atoms with van der Waals surface area (Å²) in [6, 6.07) is 2.54. The van der Waals surface area contributed by atoms with Crippen LogP contribution in [0.25, 0.3) is 0 Å². The predicted molar refractivity (Wildman–Crippen MR) is 68.8 cm³/mol. The number of aromatic nitrogens is 3. The number of H-pyrrole nitrogens is 1. The highest BCUT2D eigenvalue weighted by molar-refractivity contribution is 7.99. The first kappa shape index (κ1) is 14.0. The third kappa shape index (κ3) is 3.51. The molecule has 0 saturated carbocycles. The summed E-state index contributed by atoms with van der Waals surface area (Å²) in [5.41, 5.74) is 6.34. The van der Waals surface area contributed by atoms with Gasteiger partial charge >= 0.3 is 0 Å². The molecule has 7 heteroatoms. The zero-order chi connectivity index (χ0) is 13.8. The molecule has 1 aromatic heterocycles. The topological polar surface area (TPSA) is 67.6 Å². The van der Waals surface area contributed by atoms with E-state index in [1.807, 2.05) is 6.92 Å².